The van der Waals surface area contributed by atoms with E-state index in [0.717, 1.165) is 10.6 Å². The number of aliphatic imine (C=N–C) groups is 1. The van der Waals surface area contributed by atoms with Crippen LogP contribution in [0.1, 0.15) is 18.5 Å². The van der Waals surface area contributed by atoms with Gasteiger partial charge < -0.3 is 15.1 Å². The molecular weight excluding hydrogens is 260 g/mol. The predicted octanol–water partition coefficient (Wildman–Crippen LogP) is 2.31. The third-order valence-corrected chi connectivity index (χ3v) is 4.00. The first-order chi connectivity index (χ1) is 9.24. The standard InChI is InChI=1S/C13H16N4OS/c1-17(10-4-5-10)13(14)15-7-9-8-18-12(16-9)11-3-2-6-19-11/h2-3,6,8,10H,4-5,7H2,1H3,(H2,14,15). The molecule has 0 spiro atoms. The van der Waals surface area contributed by atoms with Crippen molar-refractivity contribution in [2.75, 3.05) is 7.05 Å². The monoisotopic (exact) mass is 276 g/mol. The highest BCUT2D eigenvalue weighted by Gasteiger charge is 2.27. The smallest absolute Gasteiger partial charge is 0.236 e. The molecule has 1 saturated carbocycles. The van der Waals surface area contributed by atoms with Crippen molar-refractivity contribution in [3.63, 3.8) is 0 Å². The first-order valence-corrected chi connectivity index (χ1v) is 7.13. The molecule has 0 atom stereocenters. The molecule has 2 aromatic heterocycles. The van der Waals surface area contributed by atoms with E-state index in [4.69, 9.17) is 10.2 Å². The van der Waals surface area contributed by atoms with E-state index in [0.29, 0.717) is 24.4 Å². The molecule has 1 aliphatic rings. The van der Waals surface area contributed by atoms with Crippen molar-refractivity contribution >= 4 is 17.3 Å². The van der Waals surface area contributed by atoms with Crippen LogP contribution in [0.4, 0.5) is 0 Å². The molecule has 2 aromatic rings. The summed E-state index contributed by atoms with van der Waals surface area (Å²) in [4.78, 5) is 11.8. The maximum absolute atomic E-state index is 5.93. The molecule has 100 valence electrons. The van der Waals surface area contributed by atoms with Crippen molar-refractivity contribution in [1.29, 1.82) is 0 Å². The number of guanidine groups is 1. The number of nitrogens with two attached hydrogens (primary N) is 1. The number of rotatable bonds is 4. The largest absolute Gasteiger partial charge is 0.443 e. The second-order valence-electron chi connectivity index (χ2n) is 4.64. The molecule has 1 fully saturated rings. The molecule has 0 amide bonds. The molecule has 0 radical (unpaired) electrons. The summed E-state index contributed by atoms with van der Waals surface area (Å²) in [5.74, 6) is 1.22. The van der Waals surface area contributed by atoms with Gasteiger partial charge in [0.2, 0.25) is 5.89 Å². The quantitative estimate of drug-likeness (QED) is 0.687. The average Bonchev–Trinajstić information content (AvgIpc) is 2.93. The molecule has 3 rings (SSSR count). The number of hydrogen-bond acceptors (Lipinski definition) is 4. The Bertz CT molecular complexity index is 571. The van der Waals surface area contributed by atoms with E-state index < -0.39 is 0 Å². The summed E-state index contributed by atoms with van der Waals surface area (Å²) in [7, 11) is 1.98. The van der Waals surface area contributed by atoms with Crippen molar-refractivity contribution in [3.8, 4) is 10.8 Å². The van der Waals surface area contributed by atoms with E-state index in [1.165, 1.54) is 12.8 Å². The highest BCUT2D eigenvalue weighted by atomic mass is 32.1. The van der Waals surface area contributed by atoms with Crippen LogP contribution in [0.5, 0.6) is 0 Å². The minimum atomic E-state index is 0.456. The SMILES string of the molecule is CN(C(N)=NCc1coc(-c2cccs2)n1)C1CC1. The van der Waals surface area contributed by atoms with Gasteiger partial charge >= 0.3 is 0 Å². The lowest BCUT2D eigenvalue weighted by molar-refractivity contribution is 0.487. The zero-order valence-electron chi connectivity index (χ0n) is 10.7. The zero-order valence-corrected chi connectivity index (χ0v) is 11.6. The van der Waals surface area contributed by atoms with Gasteiger partial charge in [0.1, 0.15) is 12.0 Å². The minimum Gasteiger partial charge on any atom is -0.443 e. The van der Waals surface area contributed by atoms with Crippen LogP contribution in [0.25, 0.3) is 10.8 Å². The van der Waals surface area contributed by atoms with Gasteiger partial charge in [-0.1, -0.05) is 6.07 Å². The molecule has 0 bridgehead atoms. The lowest BCUT2D eigenvalue weighted by Gasteiger charge is -2.16. The fourth-order valence-corrected chi connectivity index (χ4v) is 2.47. The van der Waals surface area contributed by atoms with E-state index in [9.17, 15) is 0 Å². The molecule has 19 heavy (non-hydrogen) atoms. The van der Waals surface area contributed by atoms with Crippen molar-refractivity contribution < 1.29 is 4.42 Å². The van der Waals surface area contributed by atoms with Crippen LogP contribution in [0.15, 0.2) is 33.2 Å². The summed E-state index contributed by atoms with van der Waals surface area (Å²) < 4.78 is 5.44. The second-order valence-corrected chi connectivity index (χ2v) is 5.59. The van der Waals surface area contributed by atoms with Gasteiger partial charge in [-0.2, -0.15) is 0 Å². The van der Waals surface area contributed by atoms with Crippen LogP contribution in [-0.4, -0.2) is 28.9 Å². The van der Waals surface area contributed by atoms with Gasteiger partial charge in [0.15, 0.2) is 5.96 Å². The number of thiophene rings is 1. The maximum Gasteiger partial charge on any atom is 0.236 e. The summed E-state index contributed by atoms with van der Waals surface area (Å²) in [6.07, 6.45) is 4.06. The normalized spacial score (nSPS) is 15.7. The Hall–Kier alpha value is -1.82. The maximum atomic E-state index is 5.93. The fraction of sp³-hybridized carbons (Fsp3) is 0.385. The zero-order chi connectivity index (χ0) is 13.2. The van der Waals surface area contributed by atoms with Crippen LogP contribution in [0.2, 0.25) is 0 Å². The summed E-state index contributed by atoms with van der Waals surface area (Å²) in [5, 5.41) is 2.00. The first kappa shape index (κ1) is 12.2. The Morgan fingerprint density at radius 1 is 1.63 bits per heavy atom. The van der Waals surface area contributed by atoms with Crippen LogP contribution >= 0.6 is 11.3 Å². The van der Waals surface area contributed by atoms with E-state index in [2.05, 4.69) is 9.98 Å². The average molecular weight is 276 g/mol. The summed E-state index contributed by atoms with van der Waals surface area (Å²) in [6, 6.07) is 4.53. The van der Waals surface area contributed by atoms with Crippen LogP contribution in [0, 0.1) is 0 Å². The molecule has 2 heterocycles. The van der Waals surface area contributed by atoms with E-state index in [-0.39, 0.29) is 0 Å². The summed E-state index contributed by atoms with van der Waals surface area (Å²) in [6.45, 7) is 0.456. The molecular formula is C13H16N4OS. The molecule has 6 heteroatoms. The molecule has 2 N–H and O–H groups in total. The van der Waals surface area contributed by atoms with Crippen LogP contribution in [-0.2, 0) is 6.54 Å². The summed E-state index contributed by atoms with van der Waals surface area (Å²) in [5.41, 5.74) is 6.73. The highest BCUT2D eigenvalue weighted by molar-refractivity contribution is 7.13. The Kier molecular flexibility index (Phi) is 3.25. The number of nitrogens with zero attached hydrogens (tertiary/aromatic N) is 3. The third kappa shape index (κ3) is 2.78. The van der Waals surface area contributed by atoms with Crippen molar-refractivity contribution in [1.82, 2.24) is 9.88 Å². The highest BCUT2D eigenvalue weighted by Crippen LogP contribution is 2.25. The Morgan fingerprint density at radius 2 is 2.47 bits per heavy atom. The van der Waals surface area contributed by atoms with E-state index >= 15 is 0 Å². The van der Waals surface area contributed by atoms with Crippen LogP contribution in [0.3, 0.4) is 0 Å². The lowest BCUT2D eigenvalue weighted by atomic mass is 10.4. The molecule has 0 aromatic carbocycles. The van der Waals surface area contributed by atoms with Gasteiger partial charge in [-0.3, -0.25) is 0 Å². The molecule has 0 saturated heterocycles. The summed E-state index contributed by atoms with van der Waals surface area (Å²) >= 11 is 1.61. The number of oxazole rings is 1. The van der Waals surface area contributed by atoms with Gasteiger partial charge in [-0.25, -0.2) is 9.98 Å². The number of aromatic nitrogens is 1. The van der Waals surface area contributed by atoms with Crippen molar-refractivity contribution in [2.45, 2.75) is 25.4 Å². The molecule has 1 aliphatic carbocycles. The van der Waals surface area contributed by atoms with Gasteiger partial charge in [-0.05, 0) is 24.3 Å². The molecule has 0 aliphatic heterocycles. The van der Waals surface area contributed by atoms with Gasteiger partial charge in [0, 0.05) is 13.1 Å². The fourth-order valence-electron chi connectivity index (χ4n) is 1.82. The van der Waals surface area contributed by atoms with Gasteiger partial charge in [-0.15, -0.1) is 11.3 Å². The third-order valence-electron chi connectivity index (χ3n) is 3.14. The molecule has 5 nitrogen and oxygen atoms in total. The first-order valence-electron chi connectivity index (χ1n) is 6.25. The van der Waals surface area contributed by atoms with E-state index in [1.54, 1.807) is 17.6 Å². The van der Waals surface area contributed by atoms with Gasteiger partial charge in [0.05, 0.1) is 11.4 Å². The topological polar surface area (TPSA) is 67.7 Å². The lowest BCUT2D eigenvalue weighted by Crippen LogP contribution is -2.35. The minimum absolute atomic E-state index is 0.456. The van der Waals surface area contributed by atoms with Crippen LogP contribution < -0.4 is 5.73 Å². The molecule has 0 unspecified atom stereocenters. The Morgan fingerprint density at radius 3 is 3.16 bits per heavy atom. The van der Waals surface area contributed by atoms with Crippen molar-refractivity contribution in [2.24, 2.45) is 10.7 Å². The second kappa shape index (κ2) is 5.05. The predicted molar refractivity (Wildman–Crippen MR) is 75.9 cm³/mol. The Balaban J connectivity index is 1.65. The van der Waals surface area contributed by atoms with Gasteiger partial charge in [0.25, 0.3) is 0 Å². The van der Waals surface area contributed by atoms with E-state index in [1.807, 2.05) is 29.5 Å². The van der Waals surface area contributed by atoms with Crippen molar-refractivity contribution in [3.05, 3.63) is 29.5 Å². The Labute approximate surface area is 115 Å². The number of hydrogen-bond donors (Lipinski definition) is 1.